The highest BCUT2D eigenvalue weighted by atomic mass is 28.4. The molecule has 1 fully saturated rings. The van der Waals surface area contributed by atoms with Crippen molar-refractivity contribution >= 4 is 8.32 Å². The second-order valence-electron chi connectivity index (χ2n) is 12.4. The van der Waals surface area contributed by atoms with Crippen LogP contribution in [0.5, 0.6) is 0 Å². The van der Waals surface area contributed by atoms with Crippen molar-refractivity contribution in [3.8, 4) is 0 Å². The van der Waals surface area contributed by atoms with E-state index in [1.54, 1.807) is 41.5 Å². The molecule has 2 aromatic rings. The Morgan fingerprint density at radius 2 is 0.844 bits per heavy atom. The molecule has 1 N–H and O–H groups in total. The number of hydrogen-bond acceptors (Lipinski definition) is 2. The van der Waals surface area contributed by atoms with Gasteiger partial charge in [-0.25, -0.2) is 0 Å². The summed E-state index contributed by atoms with van der Waals surface area (Å²) in [5.41, 5.74) is -12.6. The average molecular weight is 682 g/mol. The average Bonchev–Trinajstić information content (AvgIpc) is 3.42. The molecule has 1 saturated heterocycles. The fraction of sp³-hybridized carbons (Fsp3) is 0.600. The van der Waals surface area contributed by atoms with Gasteiger partial charge in [0, 0.05) is 6.04 Å². The van der Waals surface area contributed by atoms with Crippen LogP contribution in [0.25, 0.3) is 0 Å². The number of benzene rings is 2. The number of alkyl halides is 12. The summed E-state index contributed by atoms with van der Waals surface area (Å²) in [6, 6.07) is -0.157. The molecule has 0 spiro atoms. The summed E-state index contributed by atoms with van der Waals surface area (Å²) in [4.78, 5) is 0. The quantitative estimate of drug-likeness (QED) is 0.221. The maximum atomic E-state index is 14.2. The molecule has 254 valence electrons. The highest BCUT2D eigenvalue weighted by molar-refractivity contribution is 6.77. The van der Waals surface area contributed by atoms with E-state index in [4.69, 9.17) is 4.43 Å². The molecule has 0 bridgehead atoms. The van der Waals surface area contributed by atoms with E-state index in [2.05, 4.69) is 5.32 Å². The van der Waals surface area contributed by atoms with Gasteiger partial charge in [0.2, 0.25) is 8.32 Å². The van der Waals surface area contributed by atoms with Crippen LogP contribution in [0.4, 0.5) is 52.7 Å². The summed E-state index contributed by atoms with van der Waals surface area (Å²) >= 11 is 0. The Labute approximate surface area is 254 Å². The fourth-order valence-electron chi connectivity index (χ4n) is 6.76. The minimum Gasteiger partial charge on any atom is -0.401 e. The van der Waals surface area contributed by atoms with Gasteiger partial charge in [-0.05, 0) is 83.5 Å². The number of rotatable bonds is 8. The monoisotopic (exact) mass is 681 g/mol. The molecule has 1 atom stereocenters. The molecule has 1 aliphatic heterocycles. The van der Waals surface area contributed by atoms with E-state index in [9.17, 15) is 52.7 Å². The largest absolute Gasteiger partial charge is 0.416 e. The Bertz CT molecular complexity index is 1170. The minimum atomic E-state index is -5.35. The van der Waals surface area contributed by atoms with Crippen LogP contribution in [-0.4, -0.2) is 20.9 Å². The van der Waals surface area contributed by atoms with Crippen molar-refractivity contribution in [1.82, 2.24) is 5.32 Å². The molecule has 0 aromatic heterocycles. The van der Waals surface area contributed by atoms with Crippen molar-refractivity contribution in [3.63, 3.8) is 0 Å². The van der Waals surface area contributed by atoms with Gasteiger partial charge in [-0.3, -0.25) is 0 Å². The second kappa shape index (κ2) is 12.4. The van der Waals surface area contributed by atoms with Gasteiger partial charge in [-0.1, -0.05) is 41.5 Å². The van der Waals surface area contributed by atoms with Crippen LogP contribution in [0.1, 0.15) is 87.8 Å². The lowest BCUT2D eigenvalue weighted by molar-refractivity contribution is -0.144. The molecule has 1 heterocycles. The van der Waals surface area contributed by atoms with E-state index in [0.717, 1.165) is 0 Å². The highest BCUT2D eigenvalue weighted by Gasteiger charge is 2.56. The summed E-state index contributed by atoms with van der Waals surface area (Å²) in [7, 11) is -3.51. The highest BCUT2D eigenvalue weighted by Crippen LogP contribution is 2.53. The second-order valence-corrected chi connectivity index (χ2v) is 17.8. The first-order valence-electron chi connectivity index (χ1n) is 14.3. The molecule has 15 heteroatoms. The van der Waals surface area contributed by atoms with Crippen LogP contribution in [0, 0.1) is 0 Å². The van der Waals surface area contributed by atoms with E-state index < -0.39 is 94.7 Å². The van der Waals surface area contributed by atoms with Crippen molar-refractivity contribution in [2.24, 2.45) is 0 Å². The SMILES string of the molecule is CC(C)[Si](OC(c1cc(C(F)(F)F)cc(C(F)(F)F)c1)(c1cc(C(F)(F)F)cc(C(F)(F)F)c1)C1CCCN1)(C(C)C)C(C)C. The summed E-state index contributed by atoms with van der Waals surface area (Å²) in [6.07, 6.45) is -21.1. The molecule has 1 aliphatic rings. The Hall–Kier alpha value is -2.26. The van der Waals surface area contributed by atoms with E-state index in [1.165, 1.54) is 0 Å². The summed E-state index contributed by atoms with van der Waals surface area (Å²) in [5, 5.41) is 2.94. The molecule has 0 saturated carbocycles. The standard InChI is InChI=1S/C30H35F12NOSi/c1-16(2)45(17(3)4,18(5)6)44-26(25-8-7-9-43-25,19-10-21(27(31,32)33)14-22(11-19)28(34,35)36)20-12-23(29(37,38)39)15-24(13-20)30(40,41)42/h10-18,25,43H,7-9H2,1-6H3. The fourth-order valence-corrected chi connectivity index (χ4v) is 12.4. The zero-order chi connectivity index (χ0) is 34.6. The predicted octanol–water partition coefficient (Wildman–Crippen LogP) is 10.9. The summed E-state index contributed by atoms with van der Waals surface area (Å²) < 4.78 is 177. The third-order valence-corrected chi connectivity index (χ3v) is 14.7. The smallest absolute Gasteiger partial charge is 0.401 e. The first-order chi connectivity index (χ1) is 20.3. The number of nitrogens with one attached hydrogen (secondary N) is 1. The third-order valence-electron chi connectivity index (χ3n) is 8.63. The lowest BCUT2D eigenvalue weighted by Crippen LogP contribution is -2.59. The van der Waals surface area contributed by atoms with Gasteiger partial charge < -0.3 is 9.74 Å². The normalized spacial score (nSPS) is 17.7. The zero-order valence-corrected chi connectivity index (χ0v) is 26.3. The van der Waals surface area contributed by atoms with Crippen molar-refractivity contribution in [2.45, 2.75) is 107 Å². The third kappa shape index (κ3) is 7.34. The van der Waals surface area contributed by atoms with Gasteiger partial charge in [-0.2, -0.15) is 52.7 Å². The number of hydrogen-bond donors (Lipinski definition) is 1. The van der Waals surface area contributed by atoms with E-state index >= 15 is 0 Å². The van der Waals surface area contributed by atoms with Gasteiger partial charge in [0.1, 0.15) is 5.60 Å². The van der Waals surface area contributed by atoms with Crippen molar-refractivity contribution in [1.29, 1.82) is 0 Å². The van der Waals surface area contributed by atoms with Crippen LogP contribution in [0.3, 0.4) is 0 Å². The first kappa shape index (κ1) is 37.2. The molecule has 0 aliphatic carbocycles. The number of halogens is 12. The van der Waals surface area contributed by atoms with E-state index in [-0.39, 0.29) is 31.5 Å². The molecule has 0 amide bonds. The van der Waals surface area contributed by atoms with Crippen LogP contribution >= 0.6 is 0 Å². The molecule has 45 heavy (non-hydrogen) atoms. The van der Waals surface area contributed by atoms with Crippen LogP contribution in [0.2, 0.25) is 16.6 Å². The van der Waals surface area contributed by atoms with Crippen LogP contribution in [-0.2, 0) is 34.7 Å². The molecule has 3 rings (SSSR count). The van der Waals surface area contributed by atoms with Crippen LogP contribution < -0.4 is 5.32 Å². The molecular formula is C30H35F12NOSi. The predicted molar refractivity (Wildman–Crippen MR) is 147 cm³/mol. The lowest BCUT2D eigenvalue weighted by Gasteiger charge is -2.52. The zero-order valence-electron chi connectivity index (χ0n) is 25.3. The Morgan fingerprint density at radius 3 is 1.07 bits per heavy atom. The molecule has 2 nitrogen and oxygen atoms in total. The topological polar surface area (TPSA) is 21.3 Å². The van der Waals surface area contributed by atoms with E-state index in [0.29, 0.717) is 24.3 Å². The molecule has 0 radical (unpaired) electrons. The van der Waals surface area contributed by atoms with Gasteiger partial charge in [0.15, 0.2) is 0 Å². The molecule has 2 aromatic carbocycles. The van der Waals surface area contributed by atoms with Gasteiger partial charge in [0.05, 0.1) is 22.3 Å². The van der Waals surface area contributed by atoms with Crippen molar-refractivity contribution in [3.05, 3.63) is 69.8 Å². The van der Waals surface area contributed by atoms with E-state index in [1.807, 2.05) is 0 Å². The molecule has 1 unspecified atom stereocenters. The lowest BCUT2D eigenvalue weighted by atomic mass is 9.77. The van der Waals surface area contributed by atoms with Gasteiger partial charge in [0.25, 0.3) is 0 Å². The van der Waals surface area contributed by atoms with Gasteiger partial charge >= 0.3 is 24.7 Å². The Balaban J connectivity index is 2.70. The Morgan fingerprint density at radius 1 is 0.556 bits per heavy atom. The maximum absolute atomic E-state index is 14.2. The summed E-state index contributed by atoms with van der Waals surface area (Å²) in [6.45, 7) is 10.5. The van der Waals surface area contributed by atoms with Crippen molar-refractivity contribution in [2.75, 3.05) is 6.54 Å². The first-order valence-corrected chi connectivity index (χ1v) is 16.4. The van der Waals surface area contributed by atoms with Crippen LogP contribution in [0.15, 0.2) is 36.4 Å². The van der Waals surface area contributed by atoms with Gasteiger partial charge in [-0.15, -0.1) is 0 Å². The Kier molecular flexibility index (Phi) is 10.3. The molecular weight excluding hydrogens is 646 g/mol. The summed E-state index contributed by atoms with van der Waals surface area (Å²) in [5.74, 6) is 0. The minimum absolute atomic E-state index is 0.0199. The van der Waals surface area contributed by atoms with Crippen molar-refractivity contribution < 1.29 is 57.1 Å². The maximum Gasteiger partial charge on any atom is 0.416 e.